The van der Waals surface area contributed by atoms with Gasteiger partial charge in [0, 0.05) is 25.7 Å². The first-order chi connectivity index (χ1) is 12.1. The minimum Gasteiger partial charge on any atom is -0.357 e. The maximum absolute atomic E-state index is 4.86. The maximum atomic E-state index is 4.86. The first-order valence-electron chi connectivity index (χ1n) is 10.6. The summed E-state index contributed by atoms with van der Waals surface area (Å²) in [6.07, 6.45) is 4.98. The highest BCUT2D eigenvalue weighted by molar-refractivity contribution is 5.80. The third-order valence-electron chi connectivity index (χ3n) is 5.15. The van der Waals surface area contributed by atoms with Crippen LogP contribution in [0.4, 0.5) is 0 Å². The molecule has 0 aliphatic carbocycles. The van der Waals surface area contributed by atoms with Crippen LogP contribution in [0.1, 0.15) is 60.3 Å². The molecule has 0 radical (unpaired) electrons. The topological polar surface area (TPSA) is 42.9 Å². The van der Waals surface area contributed by atoms with Gasteiger partial charge in [-0.3, -0.25) is 4.99 Å². The van der Waals surface area contributed by atoms with E-state index in [0.29, 0.717) is 6.04 Å². The number of guanidine groups is 1. The lowest BCUT2D eigenvalue weighted by atomic mass is 10.1. The summed E-state index contributed by atoms with van der Waals surface area (Å²) in [5.74, 6) is 1.71. The molecule has 0 amide bonds. The van der Waals surface area contributed by atoms with Crippen molar-refractivity contribution in [1.29, 1.82) is 0 Å². The van der Waals surface area contributed by atoms with Crippen LogP contribution in [0, 0.1) is 5.92 Å². The normalized spacial score (nSPS) is 20.2. The molecule has 0 aromatic carbocycles. The average molecular weight is 354 g/mol. The number of rotatable bonds is 12. The van der Waals surface area contributed by atoms with Crippen molar-refractivity contribution in [3.8, 4) is 0 Å². The summed E-state index contributed by atoms with van der Waals surface area (Å²) in [5, 5.41) is 7.00. The molecule has 0 aromatic rings. The first-order valence-corrected chi connectivity index (χ1v) is 10.6. The SMILES string of the molecule is CCCN1CCC(CN=C(NCC)NC(C)CCCN(CC)CC)C1. The van der Waals surface area contributed by atoms with Crippen LogP contribution >= 0.6 is 0 Å². The zero-order valence-electron chi connectivity index (χ0n) is 17.5. The molecule has 1 aliphatic rings. The van der Waals surface area contributed by atoms with Crippen LogP contribution in [0.2, 0.25) is 0 Å². The van der Waals surface area contributed by atoms with Crippen molar-refractivity contribution in [1.82, 2.24) is 20.4 Å². The smallest absolute Gasteiger partial charge is 0.191 e. The number of nitrogens with zero attached hydrogens (tertiary/aromatic N) is 3. The van der Waals surface area contributed by atoms with E-state index in [1.807, 2.05) is 0 Å². The Kier molecular flexibility index (Phi) is 11.9. The van der Waals surface area contributed by atoms with Crippen molar-refractivity contribution in [2.45, 2.75) is 66.3 Å². The van der Waals surface area contributed by atoms with Gasteiger partial charge in [0.1, 0.15) is 0 Å². The number of hydrogen-bond acceptors (Lipinski definition) is 3. The van der Waals surface area contributed by atoms with Crippen molar-refractivity contribution < 1.29 is 0 Å². The molecule has 1 rings (SSSR count). The number of likely N-dealkylation sites (tertiary alicyclic amines) is 1. The number of aliphatic imine (C=N–C) groups is 1. The van der Waals surface area contributed by atoms with E-state index < -0.39 is 0 Å². The van der Waals surface area contributed by atoms with Crippen molar-refractivity contribution in [2.24, 2.45) is 10.9 Å². The lowest BCUT2D eigenvalue weighted by molar-refractivity contribution is 0.292. The van der Waals surface area contributed by atoms with Gasteiger partial charge in [0.25, 0.3) is 0 Å². The molecule has 1 fully saturated rings. The summed E-state index contributed by atoms with van der Waals surface area (Å²) in [7, 11) is 0. The molecule has 5 heteroatoms. The van der Waals surface area contributed by atoms with Gasteiger partial charge < -0.3 is 20.4 Å². The second kappa shape index (κ2) is 13.4. The zero-order chi connectivity index (χ0) is 18.5. The van der Waals surface area contributed by atoms with Gasteiger partial charge in [0.15, 0.2) is 5.96 Å². The monoisotopic (exact) mass is 353 g/mol. The minimum absolute atomic E-state index is 0.466. The summed E-state index contributed by atoms with van der Waals surface area (Å²) in [6.45, 7) is 20.2. The van der Waals surface area contributed by atoms with E-state index in [1.54, 1.807) is 0 Å². The predicted octanol–water partition coefficient (Wildman–Crippen LogP) is 2.78. The van der Waals surface area contributed by atoms with Crippen LogP contribution in [0.5, 0.6) is 0 Å². The molecule has 1 saturated heterocycles. The highest BCUT2D eigenvalue weighted by Crippen LogP contribution is 2.16. The molecule has 0 bridgehead atoms. The summed E-state index contributed by atoms with van der Waals surface area (Å²) in [4.78, 5) is 9.94. The molecular weight excluding hydrogens is 310 g/mol. The standard InChI is InChI=1S/C20H43N5/c1-6-13-25-15-12-19(17-25)16-22-20(21-7-2)23-18(5)11-10-14-24(8-3)9-4/h18-19H,6-17H2,1-5H3,(H2,21,22,23). The minimum atomic E-state index is 0.466. The van der Waals surface area contributed by atoms with E-state index in [1.165, 1.54) is 51.9 Å². The van der Waals surface area contributed by atoms with Crippen molar-refractivity contribution in [3.05, 3.63) is 0 Å². The van der Waals surface area contributed by atoms with Gasteiger partial charge in [-0.05, 0) is 78.2 Å². The number of hydrogen-bond donors (Lipinski definition) is 2. The van der Waals surface area contributed by atoms with Crippen LogP contribution in [0.3, 0.4) is 0 Å². The second-order valence-corrected chi connectivity index (χ2v) is 7.39. The third-order valence-corrected chi connectivity index (χ3v) is 5.15. The Morgan fingerprint density at radius 1 is 1.24 bits per heavy atom. The molecule has 25 heavy (non-hydrogen) atoms. The predicted molar refractivity (Wildman–Crippen MR) is 110 cm³/mol. The highest BCUT2D eigenvalue weighted by atomic mass is 15.2. The molecule has 2 unspecified atom stereocenters. The average Bonchev–Trinajstić information content (AvgIpc) is 3.05. The van der Waals surface area contributed by atoms with E-state index in [4.69, 9.17) is 4.99 Å². The first kappa shape index (κ1) is 22.2. The van der Waals surface area contributed by atoms with Gasteiger partial charge in [0.2, 0.25) is 0 Å². The molecule has 2 N–H and O–H groups in total. The largest absolute Gasteiger partial charge is 0.357 e. The highest BCUT2D eigenvalue weighted by Gasteiger charge is 2.21. The van der Waals surface area contributed by atoms with E-state index in [9.17, 15) is 0 Å². The summed E-state index contributed by atoms with van der Waals surface area (Å²) in [6, 6.07) is 0.466. The van der Waals surface area contributed by atoms with Gasteiger partial charge in [0.05, 0.1) is 0 Å². The Balaban J connectivity index is 2.34. The second-order valence-electron chi connectivity index (χ2n) is 7.39. The quantitative estimate of drug-likeness (QED) is 0.418. The van der Waals surface area contributed by atoms with Crippen LogP contribution in [-0.4, -0.2) is 74.2 Å². The summed E-state index contributed by atoms with van der Waals surface area (Å²) < 4.78 is 0. The Labute approximate surface area is 156 Å². The zero-order valence-corrected chi connectivity index (χ0v) is 17.5. The fourth-order valence-corrected chi connectivity index (χ4v) is 3.59. The van der Waals surface area contributed by atoms with Crippen LogP contribution in [-0.2, 0) is 0 Å². The molecular formula is C20H43N5. The molecule has 0 spiro atoms. The Bertz CT molecular complexity index is 354. The maximum Gasteiger partial charge on any atom is 0.191 e. The molecule has 1 aliphatic heterocycles. The lowest BCUT2D eigenvalue weighted by Gasteiger charge is -2.21. The third kappa shape index (κ3) is 9.45. The van der Waals surface area contributed by atoms with Crippen LogP contribution in [0.15, 0.2) is 4.99 Å². The van der Waals surface area contributed by atoms with Crippen LogP contribution in [0.25, 0.3) is 0 Å². The van der Waals surface area contributed by atoms with Gasteiger partial charge in [-0.15, -0.1) is 0 Å². The van der Waals surface area contributed by atoms with Gasteiger partial charge in [-0.1, -0.05) is 20.8 Å². The lowest BCUT2D eigenvalue weighted by Crippen LogP contribution is -2.42. The van der Waals surface area contributed by atoms with Crippen molar-refractivity contribution in [3.63, 3.8) is 0 Å². The number of nitrogens with one attached hydrogen (secondary N) is 2. The van der Waals surface area contributed by atoms with E-state index in [2.05, 4.69) is 55.1 Å². The van der Waals surface area contributed by atoms with E-state index >= 15 is 0 Å². The fraction of sp³-hybridized carbons (Fsp3) is 0.950. The van der Waals surface area contributed by atoms with Gasteiger partial charge in [-0.25, -0.2) is 0 Å². The molecule has 1 heterocycles. The molecule has 0 aromatic heterocycles. The van der Waals surface area contributed by atoms with Gasteiger partial charge >= 0.3 is 0 Å². The van der Waals surface area contributed by atoms with Crippen molar-refractivity contribution >= 4 is 5.96 Å². The summed E-state index contributed by atoms with van der Waals surface area (Å²) >= 11 is 0. The molecule has 0 saturated carbocycles. The summed E-state index contributed by atoms with van der Waals surface area (Å²) in [5.41, 5.74) is 0. The van der Waals surface area contributed by atoms with E-state index in [0.717, 1.165) is 38.1 Å². The Morgan fingerprint density at radius 2 is 2.00 bits per heavy atom. The molecule has 148 valence electrons. The Hall–Kier alpha value is -0.810. The molecule has 2 atom stereocenters. The fourth-order valence-electron chi connectivity index (χ4n) is 3.59. The Morgan fingerprint density at radius 3 is 2.64 bits per heavy atom. The van der Waals surface area contributed by atoms with Gasteiger partial charge in [-0.2, -0.15) is 0 Å². The molecule has 5 nitrogen and oxygen atoms in total. The van der Waals surface area contributed by atoms with Crippen LogP contribution < -0.4 is 10.6 Å². The van der Waals surface area contributed by atoms with Crippen molar-refractivity contribution in [2.75, 3.05) is 52.4 Å². The van der Waals surface area contributed by atoms with E-state index in [-0.39, 0.29) is 0 Å².